The molecule has 0 bridgehead atoms. The third-order valence-corrected chi connectivity index (χ3v) is 5.64. The molecule has 4 rings (SSSR count). The van der Waals surface area contributed by atoms with Crippen molar-refractivity contribution < 1.29 is 9.13 Å². The number of hydrogen-bond donors (Lipinski definition) is 1. The van der Waals surface area contributed by atoms with Gasteiger partial charge in [0, 0.05) is 23.4 Å². The van der Waals surface area contributed by atoms with Gasteiger partial charge >= 0.3 is 0 Å². The topological polar surface area (TPSA) is 34.1 Å². The molecule has 3 nitrogen and oxygen atoms in total. The zero-order chi connectivity index (χ0) is 20.1. The van der Waals surface area contributed by atoms with Crippen molar-refractivity contribution in [2.45, 2.75) is 13.0 Å². The fourth-order valence-electron chi connectivity index (χ4n) is 3.08. The number of nitrogens with zero attached hydrogens (tertiary/aromatic N) is 1. The van der Waals surface area contributed by atoms with Gasteiger partial charge in [0.05, 0.1) is 12.8 Å². The largest absolute Gasteiger partial charge is 0.497 e. The summed E-state index contributed by atoms with van der Waals surface area (Å²) in [6.45, 7) is 0.598. The lowest BCUT2D eigenvalue weighted by Crippen LogP contribution is -1.98. The first-order chi connectivity index (χ1) is 14.2. The maximum Gasteiger partial charge on any atom is 0.183 e. The Morgan fingerprint density at radius 3 is 2.31 bits per heavy atom. The number of aromatic nitrogens is 1. The lowest BCUT2D eigenvalue weighted by atomic mass is 10.1. The molecule has 0 fully saturated rings. The molecule has 0 aliphatic heterocycles. The summed E-state index contributed by atoms with van der Waals surface area (Å²) in [5.41, 5.74) is 4.29. The van der Waals surface area contributed by atoms with Gasteiger partial charge in [0.2, 0.25) is 0 Å². The van der Waals surface area contributed by atoms with E-state index in [1.54, 1.807) is 30.6 Å². The standard InChI is InChI=1S/C24H21FN2OS/c1-28-21-13-9-19(10-14-21)23-22(15-17-5-3-2-4-6-17)29-24(27-23)26-16-18-7-11-20(25)12-8-18/h2-14H,15-16H2,1H3,(H,26,27). The Labute approximate surface area is 173 Å². The second-order valence-electron chi connectivity index (χ2n) is 6.66. The van der Waals surface area contributed by atoms with Crippen LogP contribution >= 0.6 is 11.3 Å². The summed E-state index contributed by atoms with van der Waals surface area (Å²) in [6.07, 6.45) is 0.818. The second kappa shape index (κ2) is 8.88. The Morgan fingerprint density at radius 1 is 0.897 bits per heavy atom. The molecular weight excluding hydrogens is 383 g/mol. The minimum atomic E-state index is -0.227. The first-order valence-corrected chi connectivity index (χ1v) is 10.2. The Kier molecular flexibility index (Phi) is 5.86. The lowest BCUT2D eigenvalue weighted by molar-refractivity contribution is 0.415. The molecule has 3 aromatic carbocycles. The van der Waals surface area contributed by atoms with E-state index < -0.39 is 0 Å². The Hall–Kier alpha value is -3.18. The Balaban J connectivity index is 1.61. The predicted octanol–water partition coefficient (Wildman–Crippen LogP) is 6.16. The number of nitrogens with one attached hydrogen (secondary N) is 1. The highest BCUT2D eigenvalue weighted by Crippen LogP contribution is 2.34. The van der Waals surface area contributed by atoms with Crippen LogP contribution in [0.25, 0.3) is 11.3 Å². The van der Waals surface area contributed by atoms with Crippen LogP contribution in [-0.4, -0.2) is 12.1 Å². The molecule has 1 aromatic heterocycles. The first kappa shape index (κ1) is 19.2. The van der Waals surface area contributed by atoms with E-state index in [1.165, 1.54) is 22.6 Å². The summed E-state index contributed by atoms with van der Waals surface area (Å²) in [7, 11) is 1.66. The highest BCUT2D eigenvalue weighted by molar-refractivity contribution is 7.16. The van der Waals surface area contributed by atoms with Crippen molar-refractivity contribution in [3.8, 4) is 17.0 Å². The van der Waals surface area contributed by atoms with Crippen molar-refractivity contribution in [3.05, 3.63) is 101 Å². The van der Waals surface area contributed by atoms with Crippen LogP contribution in [-0.2, 0) is 13.0 Å². The third kappa shape index (κ3) is 4.81. The van der Waals surface area contributed by atoms with E-state index in [0.717, 1.165) is 34.1 Å². The fourth-order valence-corrected chi connectivity index (χ4v) is 4.10. The van der Waals surface area contributed by atoms with Crippen LogP contribution < -0.4 is 10.1 Å². The number of thiazole rings is 1. The Bertz CT molecular complexity index is 1060. The predicted molar refractivity (Wildman–Crippen MR) is 117 cm³/mol. The van der Waals surface area contributed by atoms with E-state index in [4.69, 9.17) is 9.72 Å². The normalized spacial score (nSPS) is 10.7. The van der Waals surface area contributed by atoms with E-state index in [9.17, 15) is 4.39 Å². The second-order valence-corrected chi connectivity index (χ2v) is 7.75. The van der Waals surface area contributed by atoms with E-state index in [-0.39, 0.29) is 5.82 Å². The minimum absolute atomic E-state index is 0.227. The summed E-state index contributed by atoms with van der Waals surface area (Å²) in [6, 6.07) is 24.9. The molecule has 0 saturated carbocycles. The van der Waals surface area contributed by atoms with Crippen LogP contribution in [0.15, 0.2) is 78.9 Å². The smallest absolute Gasteiger partial charge is 0.183 e. The summed E-state index contributed by atoms with van der Waals surface area (Å²) in [4.78, 5) is 6.05. The van der Waals surface area contributed by atoms with Gasteiger partial charge in [0.25, 0.3) is 0 Å². The average Bonchev–Trinajstić information content (AvgIpc) is 3.17. The zero-order valence-electron chi connectivity index (χ0n) is 16.1. The number of hydrogen-bond acceptors (Lipinski definition) is 4. The van der Waals surface area contributed by atoms with E-state index in [2.05, 4.69) is 29.6 Å². The van der Waals surface area contributed by atoms with Gasteiger partial charge in [-0.3, -0.25) is 0 Å². The zero-order valence-corrected chi connectivity index (χ0v) is 16.9. The van der Waals surface area contributed by atoms with Gasteiger partial charge in [0.1, 0.15) is 11.6 Å². The molecule has 1 heterocycles. The highest BCUT2D eigenvalue weighted by Gasteiger charge is 2.14. The van der Waals surface area contributed by atoms with Gasteiger partial charge in [-0.2, -0.15) is 0 Å². The van der Waals surface area contributed by atoms with Crippen LogP contribution in [0.4, 0.5) is 9.52 Å². The monoisotopic (exact) mass is 404 g/mol. The van der Waals surface area contributed by atoms with E-state index in [1.807, 2.05) is 30.3 Å². The molecule has 0 aliphatic rings. The maximum atomic E-state index is 13.1. The molecule has 0 atom stereocenters. The average molecular weight is 405 g/mol. The van der Waals surface area contributed by atoms with Crippen molar-refractivity contribution in [1.29, 1.82) is 0 Å². The molecule has 0 aliphatic carbocycles. The van der Waals surface area contributed by atoms with E-state index >= 15 is 0 Å². The third-order valence-electron chi connectivity index (χ3n) is 4.63. The molecule has 4 aromatic rings. The van der Waals surface area contributed by atoms with Gasteiger partial charge in [-0.05, 0) is 47.5 Å². The first-order valence-electron chi connectivity index (χ1n) is 9.37. The fraction of sp³-hybridized carbons (Fsp3) is 0.125. The van der Waals surface area contributed by atoms with Gasteiger partial charge in [-0.1, -0.05) is 42.5 Å². The summed E-state index contributed by atoms with van der Waals surface area (Å²) < 4.78 is 18.4. The Morgan fingerprint density at radius 2 is 1.62 bits per heavy atom. The van der Waals surface area contributed by atoms with Crippen molar-refractivity contribution >= 4 is 16.5 Å². The summed E-state index contributed by atoms with van der Waals surface area (Å²) in [5, 5.41) is 4.23. The molecule has 0 amide bonds. The van der Waals surface area contributed by atoms with Gasteiger partial charge in [0.15, 0.2) is 5.13 Å². The maximum absolute atomic E-state index is 13.1. The molecule has 0 radical (unpaired) electrons. The number of halogens is 1. The van der Waals surface area contributed by atoms with Crippen LogP contribution in [0.3, 0.4) is 0 Å². The molecule has 0 spiro atoms. The molecule has 5 heteroatoms. The van der Waals surface area contributed by atoms with Crippen LogP contribution in [0.2, 0.25) is 0 Å². The quantitative estimate of drug-likeness (QED) is 0.400. The molecule has 1 N–H and O–H groups in total. The van der Waals surface area contributed by atoms with Crippen molar-refractivity contribution in [1.82, 2.24) is 4.98 Å². The summed E-state index contributed by atoms with van der Waals surface area (Å²) >= 11 is 1.65. The number of anilines is 1. The van der Waals surface area contributed by atoms with Crippen molar-refractivity contribution in [2.75, 3.05) is 12.4 Å². The number of rotatable bonds is 7. The number of ether oxygens (including phenoxy) is 1. The number of benzene rings is 3. The summed E-state index contributed by atoms with van der Waals surface area (Å²) in [5.74, 6) is 0.596. The SMILES string of the molecule is COc1ccc(-c2nc(NCc3ccc(F)cc3)sc2Cc2ccccc2)cc1. The van der Waals surface area contributed by atoms with Crippen LogP contribution in [0.1, 0.15) is 16.0 Å². The molecule has 146 valence electrons. The molecule has 0 unspecified atom stereocenters. The van der Waals surface area contributed by atoms with Gasteiger partial charge in [-0.25, -0.2) is 9.37 Å². The molecular formula is C24H21FN2OS. The highest BCUT2D eigenvalue weighted by atomic mass is 32.1. The van der Waals surface area contributed by atoms with Gasteiger partial charge in [-0.15, -0.1) is 11.3 Å². The van der Waals surface area contributed by atoms with Crippen molar-refractivity contribution in [2.24, 2.45) is 0 Å². The molecule has 29 heavy (non-hydrogen) atoms. The minimum Gasteiger partial charge on any atom is -0.497 e. The number of methoxy groups -OCH3 is 1. The van der Waals surface area contributed by atoms with Crippen molar-refractivity contribution in [3.63, 3.8) is 0 Å². The molecule has 0 saturated heterocycles. The van der Waals surface area contributed by atoms with Gasteiger partial charge < -0.3 is 10.1 Å². The van der Waals surface area contributed by atoms with E-state index in [0.29, 0.717) is 6.54 Å². The van der Waals surface area contributed by atoms with Crippen LogP contribution in [0.5, 0.6) is 5.75 Å². The van der Waals surface area contributed by atoms with Crippen LogP contribution in [0, 0.1) is 5.82 Å². The lowest BCUT2D eigenvalue weighted by Gasteiger charge is -2.04.